The molecule has 2 rings (SSSR count). The molecule has 0 aliphatic carbocycles. The predicted molar refractivity (Wildman–Crippen MR) is 83.7 cm³/mol. The van der Waals surface area contributed by atoms with Gasteiger partial charge in [-0.2, -0.15) is 0 Å². The maximum absolute atomic E-state index is 11.8. The maximum Gasteiger partial charge on any atom is 0.223 e. The molecule has 1 aromatic carbocycles. The molecule has 0 aliphatic rings. The molecule has 6 heteroatoms. The number of halogens is 1. The summed E-state index contributed by atoms with van der Waals surface area (Å²) in [6, 6.07) is 10.3. The number of nitrogens with one attached hydrogen (secondary N) is 1. The van der Waals surface area contributed by atoms with E-state index in [1.807, 2.05) is 6.07 Å². The topological polar surface area (TPSA) is 71.5 Å². The van der Waals surface area contributed by atoms with Gasteiger partial charge in [-0.3, -0.25) is 4.79 Å². The molecular weight excluding hydrogens is 304 g/mol. The van der Waals surface area contributed by atoms with Crippen LogP contribution < -0.4 is 10.1 Å². The third-order valence-corrected chi connectivity index (χ3v) is 3.38. The van der Waals surface area contributed by atoms with E-state index >= 15 is 0 Å². The van der Waals surface area contributed by atoms with Crippen molar-refractivity contribution >= 4 is 17.5 Å². The summed E-state index contributed by atoms with van der Waals surface area (Å²) < 4.78 is 4.96. The van der Waals surface area contributed by atoms with Crippen molar-refractivity contribution in [3.8, 4) is 5.88 Å². The van der Waals surface area contributed by atoms with Crippen LogP contribution in [-0.2, 0) is 11.3 Å². The van der Waals surface area contributed by atoms with E-state index in [-0.39, 0.29) is 12.3 Å². The fourth-order valence-corrected chi connectivity index (χ4v) is 2.01. The number of hydrogen-bond acceptors (Lipinski definition) is 4. The Morgan fingerprint density at radius 1 is 1.32 bits per heavy atom. The highest BCUT2D eigenvalue weighted by molar-refractivity contribution is 6.30. The molecule has 1 unspecified atom stereocenters. The van der Waals surface area contributed by atoms with E-state index < -0.39 is 6.10 Å². The van der Waals surface area contributed by atoms with E-state index in [1.54, 1.807) is 43.6 Å². The van der Waals surface area contributed by atoms with Crippen LogP contribution in [0.25, 0.3) is 0 Å². The molecule has 0 spiro atoms. The number of aromatic nitrogens is 1. The van der Waals surface area contributed by atoms with Crippen LogP contribution in [0.3, 0.4) is 0 Å². The lowest BCUT2D eigenvalue weighted by molar-refractivity contribution is -0.123. The molecular formula is C16H17ClN2O3. The number of hydrogen-bond donors (Lipinski definition) is 2. The van der Waals surface area contributed by atoms with Crippen LogP contribution in [0.1, 0.15) is 23.7 Å². The van der Waals surface area contributed by atoms with Crippen molar-refractivity contribution in [1.29, 1.82) is 0 Å². The Morgan fingerprint density at radius 2 is 2.05 bits per heavy atom. The smallest absolute Gasteiger partial charge is 0.223 e. The highest BCUT2D eigenvalue weighted by Gasteiger charge is 2.12. The third-order valence-electron chi connectivity index (χ3n) is 3.13. The van der Waals surface area contributed by atoms with Crippen LogP contribution in [0.4, 0.5) is 0 Å². The van der Waals surface area contributed by atoms with Gasteiger partial charge < -0.3 is 15.2 Å². The molecule has 0 fully saturated rings. The maximum atomic E-state index is 11.8. The number of amides is 1. The first-order valence-electron chi connectivity index (χ1n) is 6.77. The molecule has 0 aliphatic heterocycles. The molecule has 0 saturated carbocycles. The van der Waals surface area contributed by atoms with Crippen LogP contribution in [0.5, 0.6) is 5.88 Å². The van der Waals surface area contributed by atoms with Crippen molar-refractivity contribution in [1.82, 2.24) is 10.3 Å². The average molecular weight is 321 g/mol. The summed E-state index contributed by atoms with van der Waals surface area (Å²) in [5.41, 5.74) is 1.51. The van der Waals surface area contributed by atoms with Gasteiger partial charge in [-0.25, -0.2) is 4.98 Å². The number of rotatable bonds is 6. The molecule has 1 atom stereocenters. The van der Waals surface area contributed by atoms with Crippen LogP contribution in [0, 0.1) is 0 Å². The number of nitrogens with zero attached hydrogens (tertiary/aromatic N) is 1. The number of ether oxygens (including phenoxy) is 1. The van der Waals surface area contributed by atoms with Crippen molar-refractivity contribution in [3.63, 3.8) is 0 Å². The van der Waals surface area contributed by atoms with Crippen molar-refractivity contribution in [2.24, 2.45) is 0 Å². The second-order valence-electron chi connectivity index (χ2n) is 4.76. The standard InChI is InChI=1S/C16H17ClN2O3/c1-22-16-7-2-11(10-19-16)9-18-15(21)8-14(20)12-3-5-13(17)6-4-12/h2-7,10,14,20H,8-9H2,1H3,(H,18,21). The minimum atomic E-state index is -0.855. The first-order valence-corrected chi connectivity index (χ1v) is 7.15. The van der Waals surface area contributed by atoms with Gasteiger partial charge >= 0.3 is 0 Å². The van der Waals surface area contributed by atoms with Crippen molar-refractivity contribution in [3.05, 3.63) is 58.7 Å². The zero-order valence-electron chi connectivity index (χ0n) is 12.1. The fourth-order valence-electron chi connectivity index (χ4n) is 1.89. The molecule has 2 N–H and O–H groups in total. The monoisotopic (exact) mass is 320 g/mol. The zero-order chi connectivity index (χ0) is 15.9. The van der Waals surface area contributed by atoms with E-state index in [4.69, 9.17) is 16.3 Å². The molecule has 1 aromatic heterocycles. The Hall–Kier alpha value is -2.11. The summed E-state index contributed by atoms with van der Waals surface area (Å²) >= 11 is 5.79. The summed E-state index contributed by atoms with van der Waals surface area (Å²) in [5.74, 6) is 0.284. The lowest BCUT2D eigenvalue weighted by Gasteiger charge is -2.11. The average Bonchev–Trinajstić information content (AvgIpc) is 2.54. The number of methoxy groups -OCH3 is 1. The Bertz CT molecular complexity index is 614. The van der Waals surface area contributed by atoms with E-state index in [0.717, 1.165) is 5.56 Å². The molecule has 2 aromatic rings. The van der Waals surface area contributed by atoms with Gasteiger partial charge in [0.1, 0.15) is 0 Å². The molecule has 0 radical (unpaired) electrons. The Kier molecular flexibility index (Phi) is 5.75. The largest absolute Gasteiger partial charge is 0.481 e. The predicted octanol–water partition coefficient (Wildman–Crippen LogP) is 2.48. The van der Waals surface area contributed by atoms with Gasteiger partial charge in [0.05, 0.1) is 19.6 Å². The zero-order valence-corrected chi connectivity index (χ0v) is 12.9. The van der Waals surface area contributed by atoms with Gasteiger partial charge in [-0.05, 0) is 23.3 Å². The van der Waals surface area contributed by atoms with Gasteiger partial charge in [0.2, 0.25) is 11.8 Å². The van der Waals surface area contributed by atoms with E-state index in [1.165, 1.54) is 0 Å². The van der Waals surface area contributed by atoms with E-state index in [2.05, 4.69) is 10.3 Å². The van der Waals surface area contributed by atoms with Gasteiger partial charge in [-0.15, -0.1) is 0 Å². The summed E-state index contributed by atoms with van der Waals surface area (Å²) in [7, 11) is 1.54. The molecule has 1 heterocycles. The second-order valence-corrected chi connectivity index (χ2v) is 5.19. The number of benzene rings is 1. The highest BCUT2D eigenvalue weighted by Crippen LogP contribution is 2.19. The minimum Gasteiger partial charge on any atom is -0.481 e. The third kappa shape index (κ3) is 4.72. The Morgan fingerprint density at radius 3 is 2.64 bits per heavy atom. The number of aliphatic hydroxyl groups is 1. The van der Waals surface area contributed by atoms with Crippen LogP contribution in [-0.4, -0.2) is 23.1 Å². The minimum absolute atomic E-state index is 0.00871. The fraction of sp³-hybridized carbons (Fsp3) is 0.250. The molecule has 0 saturated heterocycles. The summed E-state index contributed by atoms with van der Waals surface area (Å²) in [5, 5.41) is 13.3. The second kappa shape index (κ2) is 7.77. The molecule has 1 amide bonds. The lowest BCUT2D eigenvalue weighted by Crippen LogP contribution is -2.24. The van der Waals surface area contributed by atoms with E-state index in [9.17, 15) is 9.90 Å². The van der Waals surface area contributed by atoms with Gasteiger partial charge in [0.15, 0.2) is 0 Å². The number of aliphatic hydroxyl groups excluding tert-OH is 1. The number of pyridine rings is 1. The normalized spacial score (nSPS) is 11.8. The van der Waals surface area contributed by atoms with Gasteiger partial charge in [0.25, 0.3) is 0 Å². The Labute approximate surface area is 133 Å². The van der Waals surface area contributed by atoms with Crippen molar-refractivity contribution in [2.45, 2.75) is 19.1 Å². The van der Waals surface area contributed by atoms with Gasteiger partial charge in [0, 0.05) is 23.8 Å². The molecule has 116 valence electrons. The number of carbonyl (C=O) groups is 1. The first kappa shape index (κ1) is 16.3. The molecule has 22 heavy (non-hydrogen) atoms. The first-order chi connectivity index (χ1) is 10.6. The lowest BCUT2D eigenvalue weighted by atomic mass is 10.1. The summed E-state index contributed by atoms with van der Waals surface area (Å²) in [6.07, 6.45) is 0.770. The molecule has 0 bridgehead atoms. The van der Waals surface area contributed by atoms with Crippen LogP contribution in [0.2, 0.25) is 5.02 Å². The SMILES string of the molecule is COc1ccc(CNC(=O)CC(O)c2ccc(Cl)cc2)cn1. The van der Waals surface area contributed by atoms with Crippen LogP contribution in [0.15, 0.2) is 42.6 Å². The van der Waals surface area contributed by atoms with Gasteiger partial charge in [-0.1, -0.05) is 29.8 Å². The quantitative estimate of drug-likeness (QED) is 0.857. The number of carbonyl (C=O) groups excluding carboxylic acids is 1. The highest BCUT2D eigenvalue weighted by atomic mass is 35.5. The summed E-state index contributed by atoms with van der Waals surface area (Å²) in [6.45, 7) is 0.350. The Balaban J connectivity index is 1.83. The van der Waals surface area contributed by atoms with Crippen molar-refractivity contribution in [2.75, 3.05) is 7.11 Å². The van der Waals surface area contributed by atoms with Crippen LogP contribution >= 0.6 is 11.6 Å². The summed E-state index contributed by atoms with van der Waals surface area (Å²) in [4.78, 5) is 15.9. The molecule has 5 nitrogen and oxygen atoms in total. The van der Waals surface area contributed by atoms with E-state index in [0.29, 0.717) is 23.0 Å². The van der Waals surface area contributed by atoms with Crippen molar-refractivity contribution < 1.29 is 14.6 Å².